The summed E-state index contributed by atoms with van der Waals surface area (Å²) in [4.78, 5) is 32.0. The summed E-state index contributed by atoms with van der Waals surface area (Å²) >= 11 is 7.66. The number of nitrogens with one attached hydrogen (secondary N) is 1. The molecular formula is C20H19ClN4O2S. The molecule has 1 aliphatic carbocycles. The summed E-state index contributed by atoms with van der Waals surface area (Å²) in [5.41, 5.74) is 4.12. The van der Waals surface area contributed by atoms with Crippen molar-refractivity contribution in [2.75, 3.05) is 0 Å². The van der Waals surface area contributed by atoms with Crippen LogP contribution in [0.2, 0.25) is 5.02 Å². The van der Waals surface area contributed by atoms with Gasteiger partial charge in [0.05, 0.1) is 17.9 Å². The number of hydrazone groups is 1. The number of carbonyl (C=O) groups is 1. The van der Waals surface area contributed by atoms with E-state index in [-0.39, 0.29) is 5.56 Å². The Labute approximate surface area is 170 Å². The number of halogens is 1. The number of nitrogens with zero attached hydrogens (tertiary/aromatic N) is 3. The number of amides is 1. The molecule has 1 amide bonds. The number of carbonyl (C=O) groups excluding carboxylic acids is 1. The number of aromatic nitrogens is 2. The third-order valence-corrected chi connectivity index (χ3v) is 6.52. The number of thiophene rings is 1. The molecule has 3 aromatic rings. The average Bonchev–Trinajstić information content (AvgIpc) is 3.08. The highest BCUT2D eigenvalue weighted by atomic mass is 35.5. The van der Waals surface area contributed by atoms with Crippen molar-refractivity contribution in [3.05, 3.63) is 62.0 Å². The molecule has 1 unspecified atom stereocenters. The first-order valence-electron chi connectivity index (χ1n) is 9.15. The number of hydrogen-bond acceptors (Lipinski definition) is 5. The molecule has 1 aliphatic rings. The van der Waals surface area contributed by atoms with Crippen LogP contribution in [0.25, 0.3) is 10.2 Å². The molecule has 4 rings (SSSR count). The van der Waals surface area contributed by atoms with Crippen LogP contribution in [0.4, 0.5) is 0 Å². The number of hydrogen-bond donors (Lipinski definition) is 1. The summed E-state index contributed by atoms with van der Waals surface area (Å²) in [7, 11) is 0. The Kier molecular flexibility index (Phi) is 5.28. The molecule has 0 saturated carbocycles. The summed E-state index contributed by atoms with van der Waals surface area (Å²) in [6.07, 6.45) is 7.07. The lowest BCUT2D eigenvalue weighted by molar-refractivity contribution is -0.123. The third kappa shape index (κ3) is 3.47. The van der Waals surface area contributed by atoms with Crippen LogP contribution >= 0.6 is 22.9 Å². The fraction of sp³-hybridized carbons (Fsp3) is 0.300. The monoisotopic (exact) mass is 414 g/mol. The van der Waals surface area contributed by atoms with Crippen molar-refractivity contribution in [2.45, 2.75) is 38.6 Å². The molecule has 0 saturated heterocycles. The molecule has 0 bridgehead atoms. The molecule has 1 atom stereocenters. The van der Waals surface area contributed by atoms with E-state index in [0.29, 0.717) is 16.0 Å². The van der Waals surface area contributed by atoms with Crippen LogP contribution in [0.3, 0.4) is 0 Å². The first-order chi connectivity index (χ1) is 13.6. The van der Waals surface area contributed by atoms with Crippen LogP contribution in [0.5, 0.6) is 0 Å². The zero-order chi connectivity index (χ0) is 19.7. The normalized spacial score (nSPS) is 14.9. The smallest absolute Gasteiger partial charge is 0.263 e. The van der Waals surface area contributed by atoms with Gasteiger partial charge in [0.1, 0.15) is 10.9 Å². The number of aryl methyl sites for hydroxylation is 2. The Hall–Kier alpha value is -2.51. The lowest BCUT2D eigenvalue weighted by Gasteiger charge is -2.14. The second kappa shape index (κ2) is 7.85. The SMILES string of the molecule is CC(C(=O)NN=Cc1ccccc1Cl)n1cnc2sc3c(c2c1=O)CCCC3. The molecule has 8 heteroatoms. The Morgan fingerprint density at radius 3 is 2.96 bits per heavy atom. The molecule has 2 aromatic heterocycles. The Bertz CT molecular complexity index is 1130. The standard InChI is InChI=1S/C20H19ClN4O2S/c1-12(18(26)24-23-10-13-6-2-4-8-15(13)21)25-11-22-19-17(20(25)27)14-7-3-5-9-16(14)28-19/h2,4,6,8,10-12H,3,5,7,9H2,1H3,(H,24,26). The molecule has 1 N–H and O–H groups in total. The number of rotatable bonds is 4. The molecule has 6 nitrogen and oxygen atoms in total. The molecule has 28 heavy (non-hydrogen) atoms. The van der Waals surface area contributed by atoms with Crippen LogP contribution in [0.15, 0.2) is 40.5 Å². The zero-order valence-electron chi connectivity index (χ0n) is 15.3. The maximum Gasteiger partial charge on any atom is 0.263 e. The van der Waals surface area contributed by atoms with Gasteiger partial charge in [0.15, 0.2) is 0 Å². The van der Waals surface area contributed by atoms with Gasteiger partial charge in [0.25, 0.3) is 11.5 Å². The highest BCUT2D eigenvalue weighted by Crippen LogP contribution is 2.33. The number of fused-ring (bicyclic) bond motifs is 3. The summed E-state index contributed by atoms with van der Waals surface area (Å²) in [5, 5.41) is 5.17. The van der Waals surface area contributed by atoms with Gasteiger partial charge in [-0.25, -0.2) is 10.4 Å². The minimum atomic E-state index is -0.730. The summed E-state index contributed by atoms with van der Waals surface area (Å²) in [6, 6.07) is 6.46. The molecule has 0 aliphatic heterocycles. The molecule has 1 aromatic carbocycles. The Morgan fingerprint density at radius 1 is 1.36 bits per heavy atom. The predicted octanol–water partition coefficient (Wildman–Crippen LogP) is 3.70. The van der Waals surface area contributed by atoms with Crippen LogP contribution < -0.4 is 11.0 Å². The second-order valence-corrected chi connectivity index (χ2v) is 8.27. The van der Waals surface area contributed by atoms with Crippen LogP contribution in [0.1, 0.15) is 41.8 Å². The summed E-state index contributed by atoms with van der Waals surface area (Å²) < 4.78 is 1.38. The van der Waals surface area contributed by atoms with E-state index in [1.165, 1.54) is 22.0 Å². The topological polar surface area (TPSA) is 76.3 Å². The Balaban J connectivity index is 1.57. The van der Waals surface area contributed by atoms with Crippen LogP contribution in [-0.4, -0.2) is 21.7 Å². The first kappa shape index (κ1) is 18.8. The quantitative estimate of drug-likeness (QED) is 0.522. The minimum absolute atomic E-state index is 0.165. The first-order valence-corrected chi connectivity index (χ1v) is 10.3. The van der Waals surface area contributed by atoms with Crippen molar-refractivity contribution < 1.29 is 4.79 Å². The van der Waals surface area contributed by atoms with Gasteiger partial charge in [-0.05, 0) is 44.2 Å². The molecule has 0 spiro atoms. The maximum atomic E-state index is 13.0. The largest absolute Gasteiger partial charge is 0.286 e. The fourth-order valence-electron chi connectivity index (χ4n) is 3.40. The van der Waals surface area contributed by atoms with E-state index >= 15 is 0 Å². The summed E-state index contributed by atoms with van der Waals surface area (Å²) in [6.45, 7) is 1.66. The van der Waals surface area contributed by atoms with E-state index in [1.807, 2.05) is 12.1 Å². The highest BCUT2D eigenvalue weighted by Gasteiger charge is 2.23. The van der Waals surface area contributed by atoms with Gasteiger partial charge < -0.3 is 0 Å². The van der Waals surface area contributed by atoms with E-state index < -0.39 is 11.9 Å². The van der Waals surface area contributed by atoms with Crippen molar-refractivity contribution in [2.24, 2.45) is 5.10 Å². The van der Waals surface area contributed by atoms with E-state index in [2.05, 4.69) is 15.5 Å². The predicted molar refractivity (Wildman–Crippen MR) is 112 cm³/mol. The highest BCUT2D eigenvalue weighted by molar-refractivity contribution is 7.18. The van der Waals surface area contributed by atoms with Gasteiger partial charge in [0.2, 0.25) is 0 Å². The van der Waals surface area contributed by atoms with Crippen molar-refractivity contribution in [1.29, 1.82) is 0 Å². The van der Waals surface area contributed by atoms with Gasteiger partial charge in [-0.2, -0.15) is 5.10 Å². The van der Waals surface area contributed by atoms with Crippen molar-refractivity contribution >= 4 is 45.3 Å². The fourth-order valence-corrected chi connectivity index (χ4v) is 4.80. The molecular weight excluding hydrogens is 396 g/mol. The van der Waals surface area contributed by atoms with E-state index in [0.717, 1.165) is 36.1 Å². The van der Waals surface area contributed by atoms with Crippen molar-refractivity contribution in [3.8, 4) is 0 Å². The van der Waals surface area contributed by atoms with Gasteiger partial charge in [-0.15, -0.1) is 11.3 Å². The molecule has 0 radical (unpaired) electrons. The number of benzene rings is 1. The van der Waals surface area contributed by atoms with Crippen LogP contribution in [-0.2, 0) is 17.6 Å². The summed E-state index contributed by atoms with van der Waals surface area (Å²) in [5.74, 6) is -0.393. The van der Waals surface area contributed by atoms with E-state index in [9.17, 15) is 9.59 Å². The zero-order valence-corrected chi connectivity index (χ0v) is 16.9. The van der Waals surface area contributed by atoms with Crippen molar-refractivity contribution in [1.82, 2.24) is 15.0 Å². The lowest BCUT2D eigenvalue weighted by atomic mass is 9.97. The van der Waals surface area contributed by atoms with Crippen molar-refractivity contribution in [3.63, 3.8) is 0 Å². The molecule has 0 fully saturated rings. The van der Waals surface area contributed by atoms with E-state index in [1.54, 1.807) is 30.4 Å². The van der Waals surface area contributed by atoms with Gasteiger partial charge in [-0.1, -0.05) is 29.8 Å². The second-order valence-electron chi connectivity index (χ2n) is 6.78. The third-order valence-electron chi connectivity index (χ3n) is 4.98. The van der Waals surface area contributed by atoms with Gasteiger partial charge >= 0.3 is 0 Å². The van der Waals surface area contributed by atoms with Gasteiger partial charge in [-0.3, -0.25) is 14.2 Å². The minimum Gasteiger partial charge on any atom is -0.286 e. The molecule has 2 heterocycles. The van der Waals surface area contributed by atoms with Gasteiger partial charge in [0, 0.05) is 15.5 Å². The lowest BCUT2D eigenvalue weighted by Crippen LogP contribution is -2.34. The molecule has 144 valence electrons. The maximum absolute atomic E-state index is 13.0. The van der Waals surface area contributed by atoms with E-state index in [4.69, 9.17) is 11.6 Å². The Morgan fingerprint density at radius 2 is 2.14 bits per heavy atom. The van der Waals surface area contributed by atoms with Crippen LogP contribution in [0, 0.1) is 0 Å². The average molecular weight is 415 g/mol.